The minimum Gasteiger partial charge on any atom is -0.382 e. The standard InChI is InChI=1S/C11H23NO2/c1-11(2)7-5-4-6-10(11)12-14-9-8-13-3/h10,12H,4-9H2,1-3H3. The molecule has 1 rings (SSSR count). The molecule has 3 nitrogen and oxygen atoms in total. The van der Waals surface area contributed by atoms with Crippen molar-refractivity contribution >= 4 is 0 Å². The second kappa shape index (κ2) is 5.69. The molecule has 0 amide bonds. The maximum Gasteiger partial charge on any atom is 0.0915 e. The van der Waals surface area contributed by atoms with Crippen LogP contribution in [-0.2, 0) is 9.57 Å². The molecule has 0 aliphatic heterocycles. The summed E-state index contributed by atoms with van der Waals surface area (Å²) in [5.41, 5.74) is 3.53. The average molecular weight is 201 g/mol. The summed E-state index contributed by atoms with van der Waals surface area (Å²) >= 11 is 0. The Bertz CT molecular complexity index is 159. The predicted octanol–water partition coefficient (Wildman–Crippen LogP) is 2.12. The molecule has 0 heterocycles. The Morgan fingerprint density at radius 1 is 1.29 bits per heavy atom. The van der Waals surface area contributed by atoms with Crippen LogP contribution in [0.25, 0.3) is 0 Å². The monoisotopic (exact) mass is 201 g/mol. The van der Waals surface area contributed by atoms with Gasteiger partial charge < -0.3 is 4.74 Å². The van der Waals surface area contributed by atoms with Crippen LogP contribution in [0.4, 0.5) is 0 Å². The van der Waals surface area contributed by atoms with Crippen molar-refractivity contribution < 1.29 is 9.57 Å². The van der Waals surface area contributed by atoms with Gasteiger partial charge in [-0.3, -0.25) is 4.84 Å². The molecule has 1 saturated carbocycles. The van der Waals surface area contributed by atoms with Gasteiger partial charge in [-0.1, -0.05) is 26.7 Å². The first kappa shape index (κ1) is 12.0. The zero-order valence-corrected chi connectivity index (χ0v) is 9.64. The predicted molar refractivity (Wildman–Crippen MR) is 57.0 cm³/mol. The van der Waals surface area contributed by atoms with E-state index in [9.17, 15) is 0 Å². The quantitative estimate of drug-likeness (QED) is 0.546. The van der Waals surface area contributed by atoms with Crippen LogP contribution < -0.4 is 5.48 Å². The summed E-state index contributed by atoms with van der Waals surface area (Å²) in [5, 5.41) is 0. The third-order valence-electron chi connectivity index (χ3n) is 3.12. The molecule has 0 saturated heterocycles. The molecule has 1 N–H and O–H groups in total. The van der Waals surface area contributed by atoms with E-state index in [1.165, 1.54) is 25.7 Å². The van der Waals surface area contributed by atoms with Crippen molar-refractivity contribution in [3.63, 3.8) is 0 Å². The number of nitrogens with one attached hydrogen (secondary N) is 1. The fourth-order valence-corrected chi connectivity index (χ4v) is 2.00. The second-order valence-electron chi connectivity index (χ2n) is 4.75. The highest BCUT2D eigenvalue weighted by atomic mass is 16.7. The topological polar surface area (TPSA) is 30.5 Å². The fraction of sp³-hybridized carbons (Fsp3) is 1.00. The van der Waals surface area contributed by atoms with Crippen molar-refractivity contribution in [3.05, 3.63) is 0 Å². The van der Waals surface area contributed by atoms with Crippen LogP contribution in [-0.4, -0.2) is 26.4 Å². The van der Waals surface area contributed by atoms with Crippen molar-refractivity contribution in [2.45, 2.75) is 45.6 Å². The van der Waals surface area contributed by atoms with Crippen LogP contribution in [0.2, 0.25) is 0 Å². The summed E-state index contributed by atoms with van der Waals surface area (Å²) < 4.78 is 4.92. The van der Waals surface area contributed by atoms with E-state index in [2.05, 4.69) is 19.3 Å². The molecular weight excluding hydrogens is 178 g/mol. The molecule has 84 valence electrons. The number of ether oxygens (including phenoxy) is 1. The van der Waals surface area contributed by atoms with Gasteiger partial charge in [-0.25, -0.2) is 0 Å². The summed E-state index contributed by atoms with van der Waals surface area (Å²) in [5.74, 6) is 0. The Balaban J connectivity index is 2.20. The minimum absolute atomic E-state index is 0.366. The molecule has 0 radical (unpaired) electrons. The molecule has 0 aromatic rings. The molecule has 0 aromatic heterocycles. The average Bonchev–Trinajstić information content (AvgIpc) is 2.14. The first-order valence-corrected chi connectivity index (χ1v) is 5.53. The van der Waals surface area contributed by atoms with Crippen LogP contribution in [0, 0.1) is 5.41 Å². The Morgan fingerprint density at radius 2 is 2.07 bits per heavy atom. The zero-order valence-electron chi connectivity index (χ0n) is 9.64. The first-order chi connectivity index (χ1) is 6.67. The molecule has 3 heteroatoms. The van der Waals surface area contributed by atoms with Crippen molar-refractivity contribution in [1.82, 2.24) is 5.48 Å². The van der Waals surface area contributed by atoms with E-state index in [4.69, 9.17) is 9.57 Å². The van der Waals surface area contributed by atoms with Gasteiger partial charge in [0.05, 0.1) is 13.2 Å². The summed E-state index contributed by atoms with van der Waals surface area (Å²) in [6, 6.07) is 0.494. The Kier molecular flexibility index (Phi) is 4.85. The van der Waals surface area contributed by atoms with Gasteiger partial charge in [0.2, 0.25) is 0 Å². The maximum absolute atomic E-state index is 5.37. The van der Waals surface area contributed by atoms with E-state index >= 15 is 0 Å². The van der Waals surface area contributed by atoms with Gasteiger partial charge in [-0.2, -0.15) is 5.48 Å². The highest BCUT2D eigenvalue weighted by Crippen LogP contribution is 2.35. The van der Waals surface area contributed by atoms with Crippen molar-refractivity contribution in [2.75, 3.05) is 20.3 Å². The summed E-state index contributed by atoms with van der Waals surface area (Å²) in [6.07, 6.45) is 5.18. The SMILES string of the molecule is COCCONC1CCCCC1(C)C. The largest absolute Gasteiger partial charge is 0.382 e. The van der Waals surface area contributed by atoms with Gasteiger partial charge in [0, 0.05) is 13.2 Å². The van der Waals surface area contributed by atoms with E-state index in [0.717, 1.165) is 0 Å². The van der Waals surface area contributed by atoms with Crippen molar-refractivity contribution in [2.24, 2.45) is 5.41 Å². The molecule has 1 unspecified atom stereocenters. The number of hydrogen-bond acceptors (Lipinski definition) is 3. The third-order valence-corrected chi connectivity index (χ3v) is 3.12. The van der Waals surface area contributed by atoms with E-state index in [1.54, 1.807) is 7.11 Å². The molecule has 14 heavy (non-hydrogen) atoms. The summed E-state index contributed by atoms with van der Waals surface area (Å²) in [4.78, 5) is 5.37. The molecule has 1 aliphatic carbocycles. The fourth-order valence-electron chi connectivity index (χ4n) is 2.00. The summed E-state index contributed by atoms with van der Waals surface area (Å²) in [7, 11) is 1.69. The molecular formula is C11H23NO2. The highest BCUT2D eigenvalue weighted by molar-refractivity contribution is 4.85. The van der Waals surface area contributed by atoms with Gasteiger partial charge in [0.25, 0.3) is 0 Å². The zero-order chi connectivity index (χ0) is 10.4. The van der Waals surface area contributed by atoms with Gasteiger partial charge in [-0.05, 0) is 18.3 Å². The van der Waals surface area contributed by atoms with Gasteiger partial charge in [0.1, 0.15) is 0 Å². The summed E-state index contributed by atoms with van der Waals surface area (Å²) in [6.45, 7) is 5.90. The molecule has 0 spiro atoms. The molecule has 1 fully saturated rings. The van der Waals surface area contributed by atoms with Crippen LogP contribution in [0.1, 0.15) is 39.5 Å². The third kappa shape index (κ3) is 3.56. The number of rotatable bonds is 5. The first-order valence-electron chi connectivity index (χ1n) is 5.53. The maximum atomic E-state index is 5.37. The Hall–Kier alpha value is -0.120. The van der Waals surface area contributed by atoms with Crippen molar-refractivity contribution in [1.29, 1.82) is 0 Å². The lowest BCUT2D eigenvalue weighted by Crippen LogP contribution is -2.44. The Morgan fingerprint density at radius 3 is 2.71 bits per heavy atom. The van der Waals surface area contributed by atoms with E-state index in [1.807, 2.05) is 0 Å². The lowest BCUT2D eigenvalue weighted by atomic mass is 9.74. The molecule has 1 atom stereocenters. The van der Waals surface area contributed by atoms with Gasteiger partial charge in [-0.15, -0.1) is 0 Å². The smallest absolute Gasteiger partial charge is 0.0915 e. The molecule has 1 aliphatic rings. The van der Waals surface area contributed by atoms with E-state index < -0.39 is 0 Å². The van der Waals surface area contributed by atoms with Crippen LogP contribution in [0.3, 0.4) is 0 Å². The molecule has 0 bridgehead atoms. The second-order valence-corrected chi connectivity index (χ2v) is 4.75. The number of hydrogen-bond donors (Lipinski definition) is 1. The number of methoxy groups -OCH3 is 1. The van der Waals surface area contributed by atoms with Crippen molar-refractivity contribution in [3.8, 4) is 0 Å². The lowest BCUT2D eigenvalue weighted by molar-refractivity contribution is -0.0461. The van der Waals surface area contributed by atoms with Gasteiger partial charge >= 0.3 is 0 Å². The normalized spacial score (nSPS) is 26.4. The molecule has 0 aromatic carbocycles. The van der Waals surface area contributed by atoms with Crippen LogP contribution >= 0.6 is 0 Å². The van der Waals surface area contributed by atoms with Crippen LogP contribution in [0.15, 0.2) is 0 Å². The Labute approximate surface area is 87.1 Å². The lowest BCUT2D eigenvalue weighted by Gasteiger charge is -2.38. The van der Waals surface area contributed by atoms with Crippen LogP contribution in [0.5, 0.6) is 0 Å². The van der Waals surface area contributed by atoms with Gasteiger partial charge in [0.15, 0.2) is 0 Å². The van der Waals surface area contributed by atoms with E-state index in [-0.39, 0.29) is 0 Å². The highest BCUT2D eigenvalue weighted by Gasteiger charge is 2.32. The number of hydroxylamine groups is 1. The minimum atomic E-state index is 0.366. The van der Waals surface area contributed by atoms with E-state index in [0.29, 0.717) is 24.7 Å².